The molecule has 202 valence electrons. The Morgan fingerprint density at radius 1 is 0.535 bits per heavy atom. The maximum Gasteiger partial charge on any atom is 0.264 e. The normalized spacial score (nSPS) is 13.1. The van der Waals surface area contributed by atoms with Gasteiger partial charge in [-0.15, -0.1) is 11.3 Å². The fraction of sp³-hybridized carbons (Fsp3) is 0.0256. The minimum Gasteiger partial charge on any atom is -0.311 e. The molecule has 0 unspecified atom stereocenters. The first-order chi connectivity index (χ1) is 21.3. The molecule has 7 aromatic rings. The van der Waals surface area contributed by atoms with Crippen molar-refractivity contribution in [2.24, 2.45) is 0 Å². The molecule has 6 aromatic carbocycles. The highest BCUT2D eigenvalue weighted by Gasteiger charge is 2.44. The Balaban J connectivity index is 1.38. The fourth-order valence-electron chi connectivity index (χ4n) is 7.10. The summed E-state index contributed by atoms with van der Waals surface area (Å²) < 4.78 is 2.72. The van der Waals surface area contributed by atoms with Crippen LogP contribution in [-0.2, 0) is 0 Å². The van der Waals surface area contributed by atoms with Gasteiger partial charge in [0.1, 0.15) is 0 Å². The van der Waals surface area contributed by atoms with E-state index in [2.05, 4.69) is 162 Å². The summed E-state index contributed by atoms with van der Waals surface area (Å²) in [7, 11) is 0. The summed E-state index contributed by atoms with van der Waals surface area (Å²) in [5.74, 6) is 0. The zero-order chi connectivity index (χ0) is 28.5. The van der Waals surface area contributed by atoms with Crippen molar-refractivity contribution in [2.45, 2.75) is 6.92 Å². The molecule has 0 N–H and O–H groups in total. The SMILES string of the molecule is Cc1ccccc1N1c2ccccc2B2c3sc4ccc(-c5ccccc5)cc4c3N(c3ccccc3)c3cccc1c32. The average Bonchev–Trinajstić information content (AvgIpc) is 3.44. The van der Waals surface area contributed by atoms with Gasteiger partial charge in [-0.25, -0.2) is 0 Å². The molecule has 43 heavy (non-hydrogen) atoms. The van der Waals surface area contributed by atoms with Gasteiger partial charge in [0.05, 0.1) is 5.69 Å². The molecule has 0 radical (unpaired) electrons. The van der Waals surface area contributed by atoms with E-state index in [4.69, 9.17) is 0 Å². The van der Waals surface area contributed by atoms with Crippen molar-refractivity contribution in [3.05, 3.63) is 151 Å². The van der Waals surface area contributed by atoms with E-state index >= 15 is 0 Å². The molecule has 0 bridgehead atoms. The Hall–Kier alpha value is -5.06. The lowest BCUT2D eigenvalue weighted by Gasteiger charge is -2.43. The van der Waals surface area contributed by atoms with Crippen LogP contribution in [0.2, 0.25) is 0 Å². The van der Waals surface area contributed by atoms with Gasteiger partial charge in [-0.1, -0.05) is 97.1 Å². The van der Waals surface area contributed by atoms with Crippen molar-refractivity contribution in [3.63, 3.8) is 0 Å². The molecule has 2 aliphatic heterocycles. The smallest absolute Gasteiger partial charge is 0.264 e. The fourth-order valence-corrected chi connectivity index (χ4v) is 8.40. The second-order valence-electron chi connectivity index (χ2n) is 11.4. The van der Waals surface area contributed by atoms with Gasteiger partial charge in [-0.05, 0) is 83.1 Å². The van der Waals surface area contributed by atoms with Crippen molar-refractivity contribution in [1.29, 1.82) is 0 Å². The standard InChI is InChI=1S/C39H27BN2S/c1-26-13-8-10-19-32(26)42-33-20-11-9-18-31(33)40-37-34(21-12-22-35(37)42)41(29-16-6-3-7-17-29)38-30-25-28(27-14-4-2-5-15-27)23-24-36(30)43-39(38)40/h2-25H,1H3. The first kappa shape index (κ1) is 24.5. The lowest BCUT2D eigenvalue weighted by Crippen LogP contribution is -2.60. The molecule has 9 rings (SSSR count). The van der Waals surface area contributed by atoms with Crippen LogP contribution in [0, 0.1) is 6.92 Å². The summed E-state index contributed by atoms with van der Waals surface area (Å²) in [6.45, 7) is 2.36. The van der Waals surface area contributed by atoms with Crippen LogP contribution in [0.15, 0.2) is 146 Å². The van der Waals surface area contributed by atoms with Crippen LogP contribution in [0.4, 0.5) is 34.1 Å². The molecular formula is C39H27BN2S. The Bertz CT molecular complexity index is 2170. The topological polar surface area (TPSA) is 6.48 Å². The highest BCUT2D eigenvalue weighted by atomic mass is 32.1. The molecule has 0 amide bonds. The van der Waals surface area contributed by atoms with Crippen LogP contribution in [0.25, 0.3) is 21.2 Å². The summed E-state index contributed by atoms with van der Waals surface area (Å²) in [4.78, 5) is 5.00. The first-order valence-electron chi connectivity index (χ1n) is 14.8. The minimum atomic E-state index is 0.148. The third kappa shape index (κ3) is 3.60. The molecule has 3 heterocycles. The predicted octanol–water partition coefficient (Wildman–Crippen LogP) is 8.96. The van der Waals surface area contributed by atoms with E-state index in [-0.39, 0.29) is 6.71 Å². The van der Waals surface area contributed by atoms with Crippen LogP contribution in [-0.4, -0.2) is 6.71 Å². The molecule has 0 saturated carbocycles. The number of para-hydroxylation sites is 3. The number of rotatable bonds is 3. The van der Waals surface area contributed by atoms with Crippen LogP contribution >= 0.6 is 11.3 Å². The Kier molecular flexibility index (Phi) is 5.41. The van der Waals surface area contributed by atoms with E-state index in [1.807, 2.05) is 11.3 Å². The molecular weight excluding hydrogens is 539 g/mol. The van der Waals surface area contributed by atoms with Crippen LogP contribution in [0.3, 0.4) is 0 Å². The zero-order valence-corrected chi connectivity index (χ0v) is 24.6. The molecule has 0 spiro atoms. The van der Waals surface area contributed by atoms with Crippen LogP contribution in [0.1, 0.15) is 5.56 Å². The number of benzene rings is 6. The Morgan fingerprint density at radius 3 is 1.98 bits per heavy atom. The Labute approximate surface area is 256 Å². The van der Waals surface area contributed by atoms with Gasteiger partial charge in [0, 0.05) is 43.3 Å². The minimum absolute atomic E-state index is 0.148. The monoisotopic (exact) mass is 566 g/mol. The lowest BCUT2D eigenvalue weighted by atomic mass is 9.36. The van der Waals surface area contributed by atoms with Gasteiger partial charge in [0.15, 0.2) is 0 Å². The van der Waals surface area contributed by atoms with Crippen LogP contribution < -0.4 is 25.5 Å². The zero-order valence-electron chi connectivity index (χ0n) is 23.7. The van der Waals surface area contributed by atoms with Crippen molar-refractivity contribution < 1.29 is 0 Å². The summed E-state index contributed by atoms with van der Waals surface area (Å²) in [6.07, 6.45) is 0. The van der Waals surface area contributed by atoms with Gasteiger partial charge in [0.2, 0.25) is 0 Å². The van der Waals surface area contributed by atoms with Crippen molar-refractivity contribution >= 4 is 78.0 Å². The number of hydrogen-bond acceptors (Lipinski definition) is 3. The van der Waals surface area contributed by atoms with Gasteiger partial charge in [-0.2, -0.15) is 0 Å². The molecule has 2 nitrogen and oxygen atoms in total. The number of aryl methyl sites for hydroxylation is 1. The largest absolute Gasteiger partial charge is 0.311 e. The van der Waals surface area contributed by atoms with E-state index in [1.54, 1.807) is 0 Å². The summed E-state index contributed by atoms with van der Waals surface area (Å²) in [6, 6.07) is 53.2. The van der Waals surface area contributed by atoms with Gasteiger partial charge >= 0.3 is 0 Å². The van der Waals surface area contributed by atoms with E-state index in [0.29, 0.717) is 0 Å². The number of nitrogens with zero attached hydrogens (tertiary/aromatic N) is 2. The Morgan fingerprint density at radius 2 is 1.19 bits per heavy atom. The predicted molar refractivity (Wildman–Crippen MR) is 186 cm³/mol. The quantitative estimate of drug-likeness (QED) is 0.197. The van der Waals surface area contributed by atoms with Gasteiger partial charge < -0.3 is 9.80 Å². The highest BCUT2D eigenvalue weighted by Crippen LogP contribution is 2.48. The second kappa shape index (κ2) is 9.48. The first-order valence-corrected chi connectivity index (χ1v) is 15.6. The lowest BCUT2D eigenvalue weighted by molar-refractivity contribution is 1.24. The maximum absolute atomic E-state index is 2.52. The van der Waals surface area contributed by atoms with Crippen LogP contribution in [0.5, 0.6) is 0 Å². The summed E-state index contributed by atoms with van der Waals surface area (Å²) >= 11 is 1.94. The van der Waals surface area contributed by atoms with Gasteiger partial charge in [-0.3, -0.25) is 0 Å². The van der Waals surface area contributed by atoms with Crippen molar-refractivity contribution in [1.82, 2.24) is 0 Å². The molecule has 0 saturated heterocycles. The molecule has 0 aliphatic carbocycles. The second-order valence-corrected chi connectivity index (χ2v) is 12.5. The maximum atomic E-state index is 2.52. The summed E-state index contributed by atoms with van der Waals surface area (Å²) in [5.41, 5.74) is 14.0. The molecule has 0 fully saturated rings. The number of thiophene rings is 1. The van der Waals surface area contributed by atoms with E-state index in [1.165, 1.54) is 76.6 Å². The highest BCUT2D eigenvalue weighted by molar-refractivity contribution is 7.33. The molecule has 0 atom stereocenters. The number of hydrogen-bond donors (Lipinski definition) is 0. The third-order valence-electron chi connectivity index (χ3n) is 8.97. The average molecular weight is 567 g/mol. The molecule has 1 aromatic heterocycles. The number of anilines is 6. The van der Waals surface area contributed by atoms with Crippen molar-refractivity contribution in [3.8, 4) is 11.1 Å². The van der Waals surface area contributed by atoms with Crippen molar-refractivity contribution in [2.75, 3.05) is 9.80 Å². The van der Waals surface area contributed by atoms with E-state index < -0.39 is 0 Å². The molecule has 4 heteroatoms. The number of fused-ring (bicyclic) bond motifs is 6. The van der Waals surface area contributed by atoms with Gasteiger partial charge in [0.25, 0.3) is 6.71 Å². The summed E-state index contributed by atoms with van der Waals surface area (Å²) in [5, 5.41) is 1.31. The third-order valence-corrected chi connectivity index (χ3v) is 10.2. The molecule has 2 aliphatic rings. The van der Waals surface area contributed by atoms with E-state index in [0.717, 1.165) is 0 Å². The van der Waals surface area contributed by atoms with E-state index in [9.17, 15) is 0 Å².